The summed E-state index contributed by atoms with van der Waals surface area (Å²) in [6, 6.07) is 7.65. The van der Waals surface area contributed by atoms with Gasteiger partial charge < -0.3 is 19.3 Å². The topological polar surface area (TPSA) is 59.1 Å². The molecular formula is C18H26N2O4. The first-order chi connectivity index (χ1) is 11.3. The van der Waals surface area contributed by atoms with Crippen LogP contribution in [0.3, 0.4) is 0 Å². The first-order valence-electron chi connectivity index (χ1n) is 8.24. The van der Waals surface area contributed by atoms with Gasteiger partial charge in [0.1, 0.15) is 5.75 Å². The molecule has 0 bridgehead atoms. The van der Waals surface area contributed by atoms with Crippen LogP contribution in [0.2, 0.25) is 0 Å². The molecule has 0 radical (unpaired) electrons. The minimum Gasteiger partial charge on any atom is -0.475 e. The molecule has 1 atom stereocenters. The fourth-order valence-electron chi connectivity index (χ4n) is 3.13. The number of rotatable bonds is 5. The predicted octanol–water partition coefficient (Wildman–Crippen LogP) is 2.07. The van der Waals surface area contributed by atoms with Crippen LogP contribution in [-0.2, 0) is 14.3 Å². The summed E-state index contributed by atoms with van der Waals surface area (Å²) in [7, 11) is 1.33. The van der Waals surface area contributed by atoms with Crippen molar-refractivity contribution in [2.75, 3.05) is 25.1 Å². The minimum absolute atomic E-state index is 0.0281. The fraction of sp³-hybridized carbons (Fsp3) is 0.556. The Morgan fingerprint density at radius 2 is 1.88 bits per heavy atom. The quantitative estimate of drug-likeness (QED) is 0.772. The minimum atomic E-state index is -0.732. The van der Waals surface area contributed by atoms with Crippen LogP contribution in [0.25, 0.3) is 0 Å². The summed E-state index contributed by atoms with van der Waals surface area (Å²) in [5.41, 5.74) is 0.818. The van der Waals surface area contributed by atoms with E-state index in [1.165, 1.54) is 7.11 Å². The molecule has 0 saturated heterocycles. The maximum absolute atomic E-state index is 12.8. The molecule has 1 aliphatic rings. The number of methoxy groups -OCH3 is 1. The molecule has 0 unspecified atom stereocenters. The highest BCUT2D eigenvalue weighted by Crippen LogP contribution is 2.33. The third kappa shape index (κ3) is 3.80. The van der Waals surface area contributed by atoms with Gasteiger partial charge in [0.15, 0.2) is 0 Å². The molecule has 0 aromatic heterocycles. The van der Waals surface area contributed by atoms with Gasteiger partial charge in [-0.1, -0.05) is 12.1 Å². The zero-order chi connectivity index (χ0) is 17.9. The van der Waals surface area contributed by atoms with E-state index in [0.29, 0.717) is 12.3 Å². The Morgan fingerprint density at radius 1 is 1.25 bits per heavy atom. The van der Waals surface area contributed by atoms with Crippen molar-refractivity contribution in [1.82, 2.24) is 4.90 Å². The Balaban J connectivity index is 2.24. The van der Waals surface area contributed by atoms with E-state index in [2.05, 4.69) is 0 Å². The number of anilines is 1. The Bertz CT molecular complexity index is 592. The SMILES string of the molecule is COC(=O)[C@@H]1CN(CC(=O)N(C(C)C)C(C)C)c2ccccc2O1. The van der Waals surface area contributed by atoms with Crippen molar-refractivity contribution in [3.63, 3.8) is 0 Å². The molecule has 1 aromatic rings. The lowest BCUT2D eigenvalue weighted by atomic mass is 10.1. The molecule has 0 saturated carbocycles. The lowest BCUT2D eigenvalue weighted by Crippen LogP contribution is -2.51. The number of esters is 1. The number of carbonyl (C=O) groups is 2. The first kappa shape index (κ1) is 18.1. The smallest absolute Gasteiger partial charge is 0.348 e. The van der Waals surface area contributed by atoms with Crippen molar-refractivity contribution in [3.8, 4) is 5.75 Å². The monoisotopic (exact) mass is 334 g/mol. The van der Waals surface area contributed by atoms with Crippen molar-refractivity contribution in [2.24, 2.45) is 0 Å². The van der Waals surface area contributed by atoms with Crippen LogP contribution >= 0.6 is 0 Å². The molecule has 0 aliphatic carbocycles. The van der Waals surface area contributed by atoms with Gasteiger partial charge in [0.25, 0.3) is 0 Å². The average molecular weight is 334 g/mol. The van der Waals surface area contributed by atoms with Crippen LogP contribution < -0.4 is 9.64 Å². The van der Waals surface area contributed by atoms with Crippen molar-refractivity contribution >= 4 is 17.6 Å². The van der Waals surface area contributed by atoms with E-state index in [1.54, 1.807) is 6.07 Å². The van der Waals surface area contributed by atoms with Crippen molar-refractivity contribution in [1.29, 1.82) is 0 Å². The number of hydrogen-bond acceptors (Lipinski definition) is 5. The van der Waals surface area contributed by atoms with E-state index < -0.39 is 12.1 Å². The summed E-state index contributed by atoms with van der Waals surface area (Å²) >= 11 is 0. The second-order valence-corrected chi connectivity index (χ2v) is 6.47. The number of amides is 1. The van der Waals surface area contributed by atoms with Gasteiger partial charge in [-0.25, -0.2) is 4.79 Å². The molecule has 2 rings (SSSR count). The van der Waals surface area contributed by atoms with E-state index in [0.717, 1.165) is 5.69 Å². The summed E-state index contributed by atoms with van der Waals surface area (Å²) < 4.78 is 10.5. The van der Waals surface area contributed by atoms with Crippen LogP contribution in [0, 0.1) is 0 Å². The summed E-state index contributed by atoms with van der Waals surface area (Å²) in [6.07, 6.45) is -0.732. The maximum atomic E-state index is 12.8. The van der Waals surface area contributed by atoms with Crippen LogP contribution in [0.4, 0.5) is 5.69 Å². The number of benzene rings is 1. The van der Waals surface area contributed by atoms with Gasteiger partial charge in [0.2, 0.25) is 12.0 Å². The molecule has 24 heavy (non-hydrogen) atoms. The third-order valence-corrected chi connectivity index (χ3v) is 4.05. The summed E-state index contributed by atoms with van der Waals surface area (Å²) in [6.45, 7) is 8.50. The van der Waals surface area contributed by atoms with Gasteiger partial charge in [0.05, 0.1) is 25.9 Å². The van der Waals surface area contributed by atoms with Gasteiger partial charge in [-0.2, -0.15) is 0 Å². The summed E-state index contributed by atoms with van der Waals surface area (Å²) in [5, 5.41) is 0. The third-order valence-electron chi connectivity index (χ3n) is 4.05. The van der Waals surface area contributed by atoms with Gasteiger partial charge in [-0.3, -0.25) is 4.79 Å². The summed E-state index contributed by atoms with van der Waals surface area (Å²) in [5.74, 6) is 0.180. The van der Waals surface area contributed by atoms with Crippen LogP contribution in [0.5, 0.6) is 5.75 Å². The lowest BCUT2D eigenvalue weighted by Gasteiger charge is -2.37. The largest absolute Gasteiger partial charge is 0.475 e. The number of nitrogens with zero attached hydrogens (tertiary/aromatic N) is 2. The van der Waals surface area contributed by atoms with Crippen molar-refractivity contribution in [2.45, 2.75) is 45.9 Å². The van der Waals surface area contributed by atoms with Crippen LogP contribution in [-0.4, -0.2) is 55.2 Å². The van der Waals surface area contributed by atoms with Crippen LogP contribution in [0.15, 0.2) is 24.3 Å². The zero-order valence-corrected chi connectivity index (χ0v) is 15.0. The van der Waals surface area contributed by atoms with Gasteiger partial charge in [0, 0.05) is 12.1 Å². The predicted molar refractivity (Wildman–Crippen MR) is 92.2 cm³/mol. The maximum Gasteiger partial charge on any atom is 0.348 e. The fourth-order valence-corrected chi connectivity index (χ4v) is 3.13. The molecule has 1 heterocycles. The molecule has 6 nitrogen and oxygen atoms in total. The van der Waals surface area contributed by atoms with Gasteiger partial charge in [-0.05, 0) is 39.8 Å². The lowest BCUT2D eigenvalue weighted by molar-refractivity contribution is -0.149. The van der Waals surface area contributed by atoms with Crippen LogP contribution in [0.1, 0.15) is 27.7 Å². The highest BCUT2D eigenvalue weighted by atomic mass is 16.6. The van der Waals surface area contributed by atoms with Crippen molar-refractivity contribution in [3.05, 3.63) is 24.3 Å². The Kier molecular flexibility index (Phi) is 5.70. The number of ether oxygens (including phenoxy) is 2. The van der Waals surface area contributed by atoms with Crippen molar-refractivity contribution < 1.29 is 19.1 Å². The molecule has 0 spiro atoms. The number of para-hydroxylation sites is 2. The molecule has 1 aliphatic heterocycles. The standard InChI is InChI=1S/C18H26N2O4/c1-12(2)20(13(3)4)17(21)11-19-10-16(18(22)23-5)24-15-9-7-6-8-14(15)19/h6-9,12-13,16H,10-11H2,1-5H3/t16-/m0/s1. The normalized spacial score (nSPS) is 16.6. The van der Waals surface area contributed by atoms with E-state index in [1.807, 2.05) is 55.7 Å². The van der Waals surface area contributed by atoms with Gasteiger partial charge >= 0.3 is 5.97 Å². The van der Waals surface area contributed by atoms with E-state index in [9.17, 15) is 9.59 Å². The average Bonchev–Trinajstić information content (AvgIpc) is 2.53. The van der Waals surface area contributed by atoms with E-state index >= 15 is 0 Å². The Hall–Kier alpha value is -2.24. The first-order valence-corrected chi connectivity index (χ1v) is 8.24. The van der Waals surface area contributed by atoms with Gasteiger partial charge in [-0.15, -0.1) is 0 Å². The number of hydrogen-bond donors (Lipinski definition) is 0. The Labute approximate surface area is 143 Å². The molecule has 0 N–H and O–H groups in total. The molecule has 0 fully saturated rings. The number of carbonyl (C=O) groups excluding carboxylic acids is 2. The second kappa shape index (κ2) is 7.55. The summed E-state index contributed by atoms with van der Waals surface area (Å²) in [4.78, 5) is 28.4. The zero-order valence-electron chi connectivity index (χ0n) is 15.0. The molecule has 6 heteroatoms. The Morgan fingerprint density at radius 3 is 2.46 bits per heavy atom. The molecule has 1 amide bonds. The highest BCUT2D eigenvalue weighted by molar-refractivity contribution is 5.84. The molecular weight excluding hydrogens is 308 g/mol. The number of fused-ring (bicyclic) bond motifs is 1. The molecule has 132 valence electrons. The van der Waals surface area contributed by atoms with E-state index in [-0.39, 0.29) is 24.5 Å². The van der Waals surface area contributed by atoms with E-state index in [4.69, 9.17) is 9.47 Å². The molecule has 1 aromatic carbocycles. The highest BCUT2D eigenvalue weighted by Gasteiger charge is 2.33. The second-order valence-electron chi connectivity index (χ2n) is 6.47.